The fraction of sp³-hybridized carbons (Fsp3) is 0.200. The van der Waals surface area contributed by atoms with E-state index in [-0.39, 0.29) is 5.91 Å². The number of rotatable bonds is 7. The van der Waals surface area contributed by atoms with Crippen LogP contribution in [0.1, 0.15) is 18.4 Å². The van der Waals surface area contributed by atoms with Gasteiger partial charge < -0.3 is 10.1 Å². The number of carbonyl (C=O) groups excluding carboxylic acids is 1. The second-order valence-corrected chi connectivity index (χ2v) is 7.16. The van der Waals surface area contributed by atoms with Gasteiger partial charge in [-0.25, -0.2) is 4.98 Å². The number of nitrogens with zero attached hydrogens (tertiary/aromatic N) is 1. The van der Waals surface area contributed by atoms with Gasteiger partial charge in [-0.3, -0.25) is 4.79 Å². The molecule has 0 unspecified atom stereocenters. The first-order valence-electron chi connectivity index (χ1n) is 8.31. The van der Waals surface area contributed by atoms with Crippen molar-refractivity contribution < 1.29 is 9.53 Å². The number of hydrogen-bond donors (Lipinski definition) is 1. The lowest BCUT2D eigenvalue weighted by Gasteiger charge is -2.06. The first-order valence-corrected chi connectivity index (χ1v) is 9.57. The quantitative estimate of drug-likeness (QED) is 0.540. The molecule has 0 radical (unpaired) electrons. The predicted molar refractivity (Wildman–Crippen MR) is 107 cm³/mol. The van der Waals surface area contributed by atoms with E-state index < -0.39 is 0 Å². The molecular weight excluding hydrogens is 368 g/mol. The Bertz CT molecular complexity index is 878. The van der Waals surface area contributed by atoms with Crippen molar-refractivity contribution in [1.82, 2.24) is 4.98 Å². The SMILES string of the molecule is Cc1cccc(OCCCC(=O)Nc2nc(-c3ccc(Cl)cc3)cs2)c1. The van der Waals surface area contributed by atoms with Crippen molar-refractivity contribution in [3.05, 3.63) is 64.5 Å². The summed E-state index contributed by atoms with van der Waals surface area (Å²) in [7, 11) is 0. The van der Waals surface area contributed by atoms with Gasteiger partial charge in [0.1, 0.15) is 5.75 Å². The third-order valence-corrected chi connectivity index (χ3v) is 4.71. The molecule has 0 atom stereocenters. The molecule has 26 heavy (non-hydrogen) atoms. The van der Waals surface area contributed by atoms with E-state index in [2.05, 4.69) is 10.3 Å². The fourth-order valence-electron chi connectivity index (χ4n) is 2.39. The van der Waals surface area contributed by atoms with Crippen molar-refractivity contribution in [3.8, 4) is 17.0 Å². The Hall–Kier alpha value is -2.37. The van der Waals surface area contributed by atoms with Gasteiger partial charge in [-0.2, -0.15) is 0 Å². The Morgan fingerprint density at radius 2 is 2.04 bits per heavy atom. The molecule has 0 aliphatic rings. The molecule has 0 aliphatic heterocycles. The van der Waals surface area contributed by atoms with E-state index in [1.54, 1.807) is 0 Å². The van der Waals surface area contributed by atoms with Crippen molar-refractivity contribution in [1.29, 1.82) is 0 Å². The minimum atomic E-state index is -0.0603. The molecule has 4 nitrogen and oxygen atoms in total. The average molecular weight is 387 g/mol. The van der Waals surface area contributed by atoms with Gasteiger partial charge in [-0.1, -0.05) is 35.9 Å². The molecular formula is C20H19ClN2O2S. The summed E-state index contributed by atoms with van der Waals surface area (Å²) in [6, 6.07) is 15.3. The van der Waals surface area contributed by atoms with Gasteiger partial charge in [0, 0.05) is 22.4 Å². The maximum Gasteiger partial charge on any atom is 0.226 e. The maximum atomic E-state index is 12.1. The van der Waals surface area contributed by atoms with E-state index in [4.69, 9.17) is 16.3 Å². The van der Waals surface area contributed by atoms with Crippen molar-refractivity contribution in [2.45, 2.75) is 19.8 Å². The van der Waals surface area contributed by atoms with Crippen LogP contribution in [0.5, 0.6) is 5.75 Å². The minimum absolute atomic E-state index is 0.0603. The second kappa shape index (κ2) is 8.83. The Morgan fingerprint density at radius 3 is 2.81 bits per heavy atom. The van der Waals surface area contributed by atoms with Crippen molar-refractivity contribution in [2.24, 2.45) is 0 Å². The van der Waals surface area contributed by atoms with Gasteiger partial charge in [0.05, 0.1) is 12.3 Å². The van der Waals surface area contributed by atoms with E-state index in [0.29, 0.717) is 29.6 Å². The van der Waals surface area contributed by atoms with Crippen LogP contribution >= 0.6 is 22.9 Å². The number of benzene rings is 2. The van der Waals surface area contributed by atoms with Crippen molar-refractivity contribution in [2.75, 3.05) is 11.9 Å². The molecule has 0 spiro atoms. The summed E-state index contributed by atoms with van der Waals surface area (Å²) in [5, 5.41) is 6.04. The molecule has 1 heterocycles. The number of anilines is 1. The fourth-order valence-corrected chi connectivity index (χ4v) is 3.26. The largest absolute Gasteiger partial charge is 0.494 e. The monoisotopic (exact) mass is 386 g/mol. The number of hydrogen-bond acceptors (Lipinski definition) is 4. The van der Waals surface area contributed by atoms with E-state index in [9.17, 15) is 4.79 Å². The van der Waals surface area contributed by atoms with Gasteiger partial charge in [0.25, 0.3) is 0 Å². The summed E-state index contributed by atoms with van der Waals surface area (Å²) in [6.45, 7) is 2.53. The van der Waals surface area contributed by atoms with Crippen LogP contribution in [0.4, 0.5) is 5.13 Å². The molecule has 0 aliphatic carbocycles. The lowest BCUT2D eigenvalue weighted by Crippen LogP contribution is -2.12. The van der Waals surface area contributed by atoms with Crippen molar-refractivity contribution >= 4 is 34.0 Å². The normalized spacial score (nSPS) is 10.5. The number of halogens is 1. The minimum Gasteiger partial charge on any atom is -0.494 e. The van der Waals surface area contributed by atoms with Crippen LogP contribution in [0, 0.1) is 6.92 Å². The van der Waals surface area contributed by atoms with Gasteiger partial charge in [-0.05, 0) is 43.2 Å². The van der Waals surface area contributed by atoms with Crippen LogP contribution in [0.15, 0.2) is 53.9 Å². The second-order valence-electron chi connectivity index (χ2n) is 5.86. The molecule has 3 rings (SSSR count). The summed E-state index contributed by atoms with van der Waals surface area (Å²) in [5.41, 5.74) is 2.95. The molecule has 0 saturated carbocycles. The number of aryl methyl sites for hydroxylation is 1. The number of aromatic nitrogens is 1. The molecule has 0 bridgehead atoms. The van der Waals surface area contributed by atoms with Crippen LogP contribution in [0.25, 0.3) is 11.3 Å². The highest BCUT2D eigenvalue weighted by Gasteiger charge is 2.08. The lowest BCUT2D eigenvalue weighted by molar-refractivity contribution is -0.116. The molecule has 0 fully saturated rings. The van der Waals surface area contributed by atoms with Crippen LogP contribution in [0.3, 0.4) is 0 Å². The lowest BCUT2D eigenvalue weighted by atomic mass is 10.2. The molecule has 134 valence electrons. The maximum absolute atomic E-state index is 12.1. The molecule has 1 N–H and O–H groups in total. The zero-order chi connectivity index (χ0) is 18.4. The summed E-state index contributed by atoms with van der Waals surface area (Å²) in [6.07, 6.45) is 1.04. The van der Waals surface area contributed by atoms with Gasteiger partial charge in [-0.15, -0.1) is 11.3 Å². The Kier molecular flexibility index (Phi) is 6.26. The zero-order valence-electron chi connectivity index (χ0n) is 14.4. The first kappa shape index (κ1) is 18.4. The molecule has 1 aromatic heterocycles. The molecule has 0 saturated heterocycles. The number of amides is 1. The van der Waals surface area contributed by atoms with E-state index >= 15 is 0 Å². The highest BCUT2D eigenvalue weighted by molar-refractivity contribution is 7.14. The van der Waals surface area contributed by atoms with Crippen LogP contribution in [-0.4, -0.2) is 17.5 Å². The van der Waals surface area contributed by atoms with Crippen molar-refractivity contribution in [3.63, 3.8) is 0 Å². The first-order chi connectivity index (χ1) is 12.6. The highest BCUT2D eigenvalue weighted by atomic mass is 35.5. The number of carbonyl (C=O) groups is 1. The van der Waals surface area contributed by atoms with Gasteiger partial charge >= 0.3 is 0 Å². The van der Waals surface area contributed by atoms with Gasteiger partial charge in [0.2, 0.25) is 5.91 Å². The van der Waals surface area contributed by atoms with Gasteiger partial charge in [0.15, 0.2) is 5.13 Å². The summed E-state index contributed by atoms with van der Waals surface area (Å²) >= 11 is 7.30. The van der Waals surface area contributed by atoms with E-state index in [0.717, 1.165) is 22.6 Å². The topological polar surface area (TPSA) is 51.2 Å². The van der Waals surface area contributed by atoms with E-state index in [1.165, 1.54) is 11.3 Å². The standard InChI is InChI=1S/C20H19ClN2O2S/c1-14-4-2-5-17(12-14)25-11-3-6-19(24)23-20-22-18(13-26-20)15-7-9-16(21)10-8-15/h2,4-5,7-10,12-13H,3,6,11H2,1H3,(H,22,23,24). The Morgan fingerprint density at radius 1 is 1.23 bits per heavy atom. The van der Waals surface area contributed by atoms with E-state index in [1.807, 2.05) is 60.8 Å². The molecule has 3 aromatic rings. The molecule has 1 amide bonds. The summed E-state index contributed by atoms with van der Waals surface area (Å²) < 4.78 is 5.66. The molecule has 6 heteroatoms. The summed E-state index contributed by atoms with van der Waals surface area (Å²) in [5.74, 6) is 0.771. The summed E-state index contributed by atoms with van der Waals surface area (Å²) in [4.78, 5) is 16.5. The third kappa shape index (κ3) is 5.31. The Balaban J connectivity index is 1.44. The number of thiazole rings is 1. The number of ether oxygens (including phenoxy) is 1. The van der Waals surface area contributed by atoms with Crippen LogP contribution in [-0.2, 0) is 4.79 Å². The average Bonchev–Trinajstić information content (AvgIpc) is 3.08. The zero-order valence-corrected chi connectivity index (χ0v) is 15.9. The predicted octanol–water partition coefficient (Wildman–Crippen LogP) is 5.57. The molecule has 2 aromatic carbocycles. The Labute approximate surface area is 161 Å². The van der Waals surface area contributed by atoms with Crippen LogP contribution in [0.2, 0.25) is 5.02 Å². The third-order valence-electron chi connectivity index (χ3n) is 3.70. The number of nitrogens with one attached hydrogen (secondary N) is 1. The smallest absolute Gasteiger partial charge is 0.226 e. The van der Waals surface area contributed by atoms with Crippen LogP contribution < -0.4 is 10.1 Å². The highest BCUT2D eigenvalue weighted by Crippen LogP contribution is 2.26.